The average molecular weight is 370 g/mol. The first-order chi connectivity index (χ1) is 12.3. The average Bonchev–Trinajstić information content (AvgIpc) is 2.56. The summed E-state index contributed by atoms with van der Waals surface area (Å²) in [7, 11) is 0. The van der Waals surface area contributed by atoms with Crippen molar-refractivity contribution in [3.8, 4) is 0 Å². The van der Waals surface area contributed by atoms with E-state index in [1.165, 1.54) is 0 Å². The summed E-state index contributed by atoms with van der Waals surface area (Å²) >= 11 is 0. The van der Waals surface area contributed by atoms with Gasteiger partial charge in [0, 0.05) is 32.7 Å². The monoisotopic (exact) mass is 369 g/mol. The van der Waals surface area contributed by atoms with Gasteiger partial charge < -0.3 is 14.4 Å². The molecule has 2 rings (SSSR count). The number of ether oxygens (including phenoxy) is 2. The molecule has 0 unspecified atom stereocenters. The number of carbonyl (C=O) groups excluding carboxylic acids is 2. The van der Waals surface area contributed by atoms with Crippen LogP contribution in [0.4, 0.5) is 4.79 Å². The van der Waals surface area contributed by atoms with Crippen molar-refractivity contribution in [2.24, 2.45) is 5.92 Å². The Hall–Kier alpha value is -1.34. The predicted molar refractivity (Wildman–Crippen MR) is 100 cm³/mol. The van der Waals surface area contributed by atoms with Crippen molar-refractivity contribution in [3.63, 3.8) is 0 Å². The lowest BCUT2D eigenvalue weighted by molar-refractivity contribution is -0.144. The third kappa shape index (κ3) is 7.11. The fraction of sp³-hybridized carbons (Fsp3) is 0.895. The van der Waals surface area contributed by atoms with Crippen molar-refractivity contribution in [2.45, 2.75) is 46.1 Å². The molecule has 0 aromatic carbocycles. The van der Waals surface area contributed by atoms with Gasteiger partial charge in [-0.2, -0.15) is 0 Å². The van der Waals surface area contributed by atoms with Gasteiger partial charge in [0.2, 0.25) is 0 Å². The highest BCUT2D eigenvalue weighted by atomic mass is 16.6. The van der Waals surface area contributed by atoms with Crippen LogP contribution in [0, 0.1) is 5.92 Å². The molecule has 7 heteroatoms. The van der Waals surface area contributed by atoms with Crippen LogP contribution in [0.1, 0.15) is 40.5 Å². The number of rotatable bonds is 5. The Kier molecular flexibility index (Phi) is 7.70. The minimum absolute atomic E-state index is 0.121. The first-order valence-electron chi connectivity index (χ1n) is 9.85. The second-order valence-corrected chi connectivity index (χ2v) is 8.29. The fourth-order valence-electron chi connectivity index (χ4n) is 3.52. The smallest absolute Gasteiger partial charge is 0.410 e. The van der Waals surface area contributed by atoms with Crippen molar-refractivity contribution in [1.82, 2.24) is 14.7 Å². The van der Waals surface area contributed by atoms with Gasteiger partial charge in [0.15, 0.2) is 0 Å². The molecular formula is C19H35N3O4. The first kappa shape index (κ1) is 21.0. The Bertz CT molecular complexity index is 462. The molecule has 0 N–H and O–H groups in total. The number of hydrogen-bond donors (Lipinski definition) is 0. The molecule has 0 saturated carbocycles. The molecule has 1 amide bonds. The summed E-state index contributed by atoms with van der Waals surface area (Å²) in [5, 5.41) is 0. The third-order valence-electron chi connectivity index (χ3n) is 4.91. The van der Waals surface area contributed by atoms with Crippen molar-refractivity contribution in [1.29, 1.82) is 0 Å². The number of hydrogen-bond acceptors (Lipinski definition) is 6. The van der Waals surface area contributed by atoms with Crippen molar-refractivity contribution in [3.05, 3.63) is 0 Å². The number of carbonyl (C=O) groups is 2. The Labute approximate surface area is 157 Å². The number of piperazine rings is 1. The third-order valence-corrected chi connectivity index (χ3v) is 4.91. The van der Waals surface area contributed by atoms with E-state index in [4.69, 9.17) is 9.47 Å². The molecule has 2 aliphatic heterocycles. The lowest BCUT2D eigenvalue weighted by Gasteiger charge is -2.39. The van der Waals surface area contributed by atoms with Gasteiger partial charge in [-0.15, -0.1) is 0 Å². The van der Waals surface area contributed by atoms with Crippen LogP contribution in [-0.4, -0.2) is 91.3 Å². The molecule has 2 aliphatic rings. The normalized spacial score (nSPS) is 20.8. The van der Waals surface area contributed by atoms with Crippen LogP contribution in [-0.2, 0) is 14.3 Å². The van der Waals surface area contributed by atoms with E-state index in [1.807, 2.05) is 32.6 Å². The van der Waals surface area contributed by atoms with E-state index in [9.17, 15) is 9.59 Å². The quantitative estimate of drug-likeness (QED) is 0.689. The van der Waals surface area contributed by atoms with Crippen molar-refractivity contribution in [2.75, 3.05) is 59.0 Å². The molecule has 0 spiro atoms. The Balaban J connectivity index is 1.64. The summed E-state index contributed by atoms with van der Waals surface area (Å²) in [5.74, 6) is 0.547. The molecule has 0 bridgehead atoms. The van der Waals surface area contributed by atoms with Crippen molar-refractivity contribution >= 4 is 12.1 Å². The minimum Gasteiger partial charge on any atom is -0.465 e. The summed E-state index contributed by atoms with van der Waals surface area (Å²) in [5.41, 5.74) is -0.439. The van der Waals surface area contributed by atoms with E-state index in [2.05, 4.69) is 9.80 Å². The Morgan fingerprint density at radius 2 is 1.58 bits per heavy atom. The summed E-state index contributed by atoms with van der Waals surface area (Å²) in [6.45, 7) is 14.7. The number of esters is 1. The molecule has 0 radical (unpaired) electrons. The zero-order chi connectivity index (χ0) is 19.2. The highest BCUT2D eigenvalue weighted by Gasteiger charge is 2.28. The Morgan fingerprint density at radius 1 is 0.962 bits per heavy atom. The number of amides is 1. The Morgan fingerprint density at radius 3 is 2.12 bits per heavy atom. The molecule has 2 saturated heterocycles. The van der Waals surface area contributed by atoms with Gasteiger partial charge in [0.1, 0.15) is 5.60 Å². The van der Waals surface area contributed by atoms with Crippen LogP contribution in [0.3, 0.4) is 0 Å². The SMILES string of the molecule is CCOC(=O)CN1CCC(CN2CCN(C(=O)OC(C)(C)C)CC2)CC1. The van der Waals surface area contributed by atoms with Gasteiger partial charge in [-0.1, -0.05) is 0 Å². The van der Waals surface area contributed by atoms with Crippen LogP contribution < -0.4 is 0 Å². The van der Waals surface area contributed by atoms with E-state index >= 15 is 0 Å². The highest BCUT2D eigenvalue weighted by molar-refractivity contribution is 5.71. The minimum atomic E-state index is -0.439. The molecule has 0 aromatic heterocycles. The second-order valence-electron chi connectivity index (χ2n) is 8.29. The topological polar surface area (TPSA) is 62.3 Å². The molecule has 0 aliphatic carbocycles. The molecule has 150 valence electrons. The van der Waals surface area contributed by atoms with Gasteiger partial charge in [-0.25, -0.2) is 4.79 Å². The highest BCUT2D eigenvalue weighted by Crippen LogP contribution is 2.19. The zero-order valence-corrected chi connectivity index (χ0v) is 16.8. The van der Waals surface area contributed by atoms with E-state index in [0.717, 1.165) is 58.7 Å². The van der Waals surface area contributed by atoms with E-state index in [-0.39, 0.29) is 12.1 Å². The van der Waals surface area contributed by atoms with Crippen LogP contribution >= 0.6 is 0 Å². The lowest BCUT2D eigenvalue weighted by Crippen LogP contribution is -2.51. The fourth-order valence-corrected chi connectivity index (χ4v) is 3.52. The first-order valence-corrected chi connectivity index (χ1v) is 9.85. The number of piperidine rings is 1. The maximum absolute atomic E-state index is 12.1. The lowest BCUT2D eigenvalue weighted by atomic mass is 9.96. The molecule has 0 aromatic rings. The van der Waals surface area contributed by atoms with Crippen LogP contribution in [0.25, 0.3) is 0 Å². The number of nitrogens with zero attached hydrogens (tertiary/aromatic N) is 3. The molecule has 0 atom stereocenters. The van der Waals surface area contributed by atoms with Gasteiger partial charge in [0.05, 0.1) is 13.2 Å². The van der Waals surface area contributed by atoms with E-state index < -0.39 is 5.60 Å². The maximum Gasteiger partial charge on any atom is 0.410 e. The largest absolute Gasteiger partial charge is 0.465 e. The molecule has 2 heterocycles. The summed E-state index contributed by atoms with van der Waals surface area (Å²) in [4.78, 5) is 30.1. The van der Waals surface area contributed by atoms with Crippen LogP contribution in [0.15, 0.2) is 0 Å². The molecule has 2 fully saturated rings. The van der Waals surface area contributed by atoms with Gasteiger partial charge in [0.25, 0.3) is 0 Å². The van der Waals surface area contributed by atoms with Gasteiger partial charge in [-0.05, 0) is 59.5 Å². The van der Waals surface area contributed by atoms with Gasteiger partial charge in [-0.3, -0.25) is 14.6 Å². The standard InChI is InChI=1S/C19H35N3O4/c1-5-25-17(23)15-20-8-6-16(7-9-20)14-21-10-12-22(13-11-21)18(24)26-19(2,3)4/h16H,5-15H2,1-4H3. The van der Waals surface area contributed by atoms with E-state index in [1.54, 1.807) is 0 Å². The maximum atomic E-state index is 12.1. The van der Waals surface area contributed by atoms with E-state index in [0.29, 0.717) is 19.1 Å². The van der Waals surface area contributed by atoms with Gasteiger partial charge >= 0.3 is 12.1 Å². The zero-order valence-electron chi connectivity index (χ0n) is 16.8. The summed E-state index contributed by atoms with van der Waals surface area (Å²) in [6, 6.07) is 0. The molecule has 7 nitrogen and oxygen atoms in total. The summed E-state index contributed by atoms with van der Waals surface area (Å²) in [6.07, 6.45) is 2.03. The van der Waals surface area contributed by atoms with Crippen LogP contribution in [0.5, 0.6) is 0 Å². The number of likely N-dealkylation sites (tertiary alicyclic amines) is 1. The van der Waals surface area contributed by atoms with Crippen molar-refractivity contribution < 1.29 is 19.1 Å². The van der Waals surface area contributed by atoms with Crippen LogP contribution in [0.2, 0.25) is 0 Å². The molecule has 26 heavy (non-hydrogen) atoms. The predicted octanol–water partition coefficient (Wildman–Crippen LogP) is 1.81. The molecular weight excluding hydrogens is 334 g/mol. The second kappa shape index (κ2) is 9.55. The summed E-state index contributed by atoms with van der Waals surface area (Å²) < 4.78 is 10.5.